The van der Waals surface area contributed by atoms with E-state index in [0.29, 0.717) is 12.2 Å². The van der Waals surface area contributed by atoms with E-state index < -0.39 is 24.2 Å². The molecule has 2 aromatic rings. The van der Waals surface area contributed by atoms with Crippen LogP contribution in [0.5, 0.6) is 0 Å². The maximum absolute atomic E-state index is 10.2. The first-order valence-electron chi connectivity index (χ1n) is 8.63. The summed E-state index contributed by atoms with van der Waals surface area (Å²) < 4.78 is 38.5. The van der Waals surface area contributed by atoms with Crippen LogP contribution in [0, 0.1) is 0 Å². The summed E-state index contributed by atoms with van der Waals surface area (Å²) in [6, 6.07) is 5.40. The van der Waals surface area contributed by atoms with E-state index in [0.717, 1.165) is 12.0 Å². The number of nitrogens with two attached hydrogens (primary N) is 1. The summed E-state index contributed by atoms with van der Waals surface area (Å²) in [4.78, 5) is 0. The zero-order chi connectivity index (χ0) is 17.9. The van der Waals surface area contributed by atoms with Gasteiger partial charge in [-0.1, -0.05) is 42.3 Å². The molecule has 4 heteroatoms. The molecule has 0 saturated heterocycles. The van der Waals surface area contributed by atoms with Crippen LogP contribution in [-0.2, 0) is 6.42 Å². The third-order valence-electron chi connectivity index (χ3n) is 2.76. The van der Waals surface area contributed by atoms with Gasteiger partial charge in [-0.3, -0.25) is 0 Å². The zero-order valence-corrected chi connectivity index (χ0v) is 11.8. The van der Waals surface area contributed by atoms with E-state index in [4.69, 9.17) is 12.6 Å². The predicted molar refractivity (Wildman–Crippen MR) is 86.1 cm³/mol. The van der Waals surface area contributed by atoms with Crippen LogP contribution in [0.2, 0.25) is 0 Å². The van der Waals surface area contributed by atoms with E-state index in [9.17, 15) is 5.11 Å². The van der Waals surface area contributed by atoms with Crippen LogP contribution in [0.15, 0.2) is 54.5 Å². The Labute approximate surface area is 133 Å². The zero-order valence-electron chi connectivity index (χ0n) is 15.9. The van der Waals surface area contributed by atoms with Crippen LogP contribution < -0.4 is 11.1 Å². The van der Waals surface area contributed by atoms with Crippen LogP contribution in [-0.4, -0.2) is 18.2 Å². The van der Waals surface area contributed by atoms with Crippen molar-refractivity contribution >= 4 is 18.1 Å². The largest absolute Gasteiger partial charge is 0.399 e. The highest BCUT2D eigenvalue weighted by Crippen LogP contribution is 2.10. The average Bonchev–Trinajstić information content (AvgIpc) is 2.57. The van der Waals surface area contributed by atoms with Gasteiger partial charge in [0.25, 0.3) is 0 Å². The first kappa shape index (κ1) is 10.2. The number of hydrogen-bond donors (Lipinski definition) is 3. The summed E-state index contributed by atoms with van der Waals surface area (Å²) in [5.74, 6) is 0. The number of nitrogens with one attached hydrogen (secondary N) is 1. The Kier molecular flexibility index (Phi) is 4.39. The molecule has 0 aromatic heterocycles. The lowest BCUT2D eigenvalue weighted by Gasteiger charge is -2.12. The molecule has 0 saturated carbocycles. The highest BCUT2D eigenvalue weighted by atomic mass is 35.5. The Bertz CT molecular complexity index is 698. The van der Waals surface area contributed by atoms with Gasteiger partial charge in [-0.25, -0.2) is 0 Å². The Morgan fingerprint density at radius 3 is 2.45 bits per heavy atom. The lowest BCUT2D eigenvalue weighted by atomic mass is 10.1. The molecular weight excluding hydrogens is 272 g/mol. The number of halogens is 1. The molecule has 0 aliphatic carbocycles. The molecule has 2 aromatic carbocycles. The maximum atomic E-state index is 10.2. The number of hydrogen-bond acceptors (Lipinski definition) is 3. The molecule has 0 fully saturated rings. The summed E-state index contributed by atoms with van der Waals surface area (Å²) in [5.41, 5.74) is 7.33. The maximum Gasteiger partial charge on any atom is 0.0914 e. The minimum atomic E-state index is -1.18. The van der Waals surface area contributed by atoms with E-state index >= 15 is 0 Å². The summed E-state index contributed by atoms with van der Waals surface area (Å²) in [5, 5.41) is 13.2. The van der Waals surface area contributed by atoms with Gasteiger partial charge in [-0.2, -0.15) is 0 Å². The lowest BCUT2D eigenvalue weighted by Crippen LogP contribution is -2.23. The summed E-state index contributed by atoms with van der Waals surface area (Å²) in [6.45, 7) is 0.683. The average molecular weight is 298 g/mol. The van der Waals surface area contributed by atoms with Crippen molar-refractivity contribution in [3.05, 3.63) is 65.6 Å². The number of aliphatic hydroxyl groups is 1. The van der Waals surface area contributed by atoms with Crippen molar-refractivity contribution in [3.8, 4) is 0 Å². The molecule has 0 aliphatic rings. The number of aliphatic hydroxyl groups excluding tert-OH is 1. The van der Waals surface area contributed by atoms with Crippen molar-refractivity contribution in [2.75, 3.05) is 18.8 Å². The summed E-state index contributed by atoms with van der Waals surface area (Å²) >= 11 is 0. The fourth-order valence-electron chi connectivity index (χ4n) is 1.68. The summed E-state index contributed by atoms with van der Waals surface area (Å²) in [7, 11) is 0. The number of rotatable bonds is 6. The van der Waals surface area contributed by atoms with Gasteiger partial charge in [-0.15, -0.1) is 12.4 Å². The Morgan fingerprint density at radius 1 is 1.15 bits per heavy atom. The van der Waals surface area contributed by atoms with Crippen molar-refractivity contribution in [1.29, 1.82) is 0 Å². The smallest absolute Gasteiger partial charge is 0.0914 e. The predicted octanol–water partition coefficient (Wildman–Crippen LogP) is 2.56. The third-order valence-corrected chi connectivity index (χ3v) is 2.76. The molecule has 2 rings (SSSR count). The molecule has 20 heavy (non-hydrogen) atoms. The first-order valence-corrected chi connectivity index (χ1v) is 6.13. The monoisotopic (exact) mass is 297 g/mol. The van der Waals surface area contributed by atoms with Gasteiger partial charge in [-0.05, 0) is 36.2 Å². The molecule has 0 bridgehead atoms. The van der Waals surface area contributed by atoms with Gasteiger partial charge in [0.15, 0.2) is 0 Å². The Morgan fingerprint density at radius 2 is 1.80 bits per heavy atom. The molecule has 0 radical (unpaired) electrons. The van der Waals surface area contributed by atoms with Crippen molar-refractivity contribution in [1.82, 2.24) is 5.32 Å². The van der Waals surface area contributed by atoms with Gasteiger partial charge in [0, 0.05) is 12.2 Å². The molecule has 108 valence electrons. The molecule has 4 N–H and O–H groups in total. The second-order valence-electron chi connectivity index (χ2n) is 4.25. The lowest BCUT2D eigenvalue weighted by molar-refractivity contribution is 0.175. The first-order chi connectivity index (χ1) is 11.3. The van der Waals surface area contributed by atoms with Crippen molar-refractivity contribution in [2.45, 2.75) is 12.5 Å². The van der Waals surface area contributed by atoms with Gasteiger partial charge in [0.1, 0.15) is 0 Å². The van der Waals surface area contributed by atoms with Crippen LogP contribution in [0.3, 0.4) is 0 Å². The van der Waals surface area contributed by atoms with Gasteiger partial charge >= 0.3 is 0 Å². The van der Waals surface area contributed by atoms with Crippen LogP contribution >= 0.6 is 12.4 Å². The molecule has 0 amide bonds. The fourth-order valence-corrected chi connectivity index (χ4v) is 1.68. The van der Waals surface area contributed by atoms with E-state index in [1.54, 1.807) is 0 Å². The number of benzene rings is 2. The van der Waals surface area contributed by atoms with Crippen LogP contribution in [0.1, 0.15) is 24.1 Å². The molecule has 1 unspecified atom stereocenters. The fraction of sp³-hybridized carbons (Fsp3) is 0.250. The molecule has 0 aliphatic heterocycles. The molecule has 3 nitrogen and oxygen atoms in total. The highest BCUT2D eigenvalue weighted by molar-refractivity contribution is 5.85. The quantitative estimate of drug-likeness (QED) is 0.567. The highest BCUT2D eigenvalue weighted by Gasteiger charge is 2.05. The van der Waals surface area contributed by atoms with E-state index in [-0.39, 0.29) is 36.6 Å². The second-order valence-corrected chi connectivity index (χ2v) is 4.25. The van der Waals surface area contributed by atoms with Gasteiger partial charge in [0.05, 0.1) is 13.0 Å². The van der Waals surface area contributed by atoms with E-state index in [1.807, 2.05) is 24.3 Å². The minimum Gasteiger partial charge on any atom is -0.399 e. The van der Waals surface area contributed by atoms with Gasteiger partial charge < -0.3 is 16.2 Å². The van der Waals surface area contributed by atoms with Gasteiger partial charge in [0.2, 0.25) is 0 Å². The molecule has 0 heterocycles. The van der Waals surface area contributed by atoms with Crippen LogP contribution in [0.25, 0.3) is 0 Å². The summed E-state index contributed by atoms with van der Waals surface area (Å²) in [6.07, 6.45) is -0.446. The normalized spacial score (nSPS) is 15.2. The molecule has 0 spiro atoms. The van der Waals surface area contributed by atoms with Crippen molar-refractivity contribution in [2.24, 2.45) is 0 Å². The minimum absolute atomic E-state index is 0. The SMILES string of the molecule is Cl.[2H]c1c([2H])c([2H])c(C(O)CNCCc2ccc(N)cc2)c([2H])c1[2H]. The molecular formula is C16H21ClN2O. The Hall–Kier alpha value is -1.55. The van der Waals surface area contributed by atoms with Crippen molar-refractivity contribution in [3.63, 3.8) is 0 Å². The molecule has 1 atom stereocenters. The number of nitrogen functional groups attached to an aromatic ring is 1. The topological polar surface area (TPSA) is 58.3 Å². The van der Waals surface area contributed by atoms with E-state index in [1.165, 1.54) is 0 Å². The van der Waals surface area contributed by atoms with Crippen molar-refractivity contribution < 1.29 is 12.0 Å². The number of anilines is 1. The Balaban J connectivity index is 0.00000312. The van der Waals surface area contributed by atoms with E-state index in [2.05, 4.69) is 5.32 Å². The standard InChI is InChI=1S/C16H20N2O.ClH/c17-15-8-6-13(7-9-15)10-11-18-12-16(19)14-4-2-1-3-5-14;/h1-9,16,18-19H,10-12,17H2;1H/i1D,2D,3D,4D,5D;. The van der Waals surface area contributed by atoms with Crippen LogP contribution in [0.4, 0.5) is 5.69 Å². The third kappa shape index (κ3) is 5.21. The second kappa shape index (κ2) is 8.59.